The topological polar surface area (TPSA) is 93.5 Å². The fourth-order valence-electron chi connectivity index (χ4n) is 7.54. The maximum absolute atomic E-state index is 14.7. The highest BCUT2D eigenvalue weighted by Gasteiger charge is 2.52. The Balaban J connectivity index is 1.41. The summed E-state index contributed by atoms with van der Waals surface area (Å²) in [4.78, 5) is 17.4. The molecule has 3 atom stereocenters. The number of halogens is 1. The number of piperidine rings is 1. The monoisotopic (exact) mass is 622 g/mol. The van der Waals surface area contributed by atoms with E-state index in [1.807, 2.05) is 19.1 Å². The molecular formula is C35H47FN4O3S. The summed E-state index contributed by atoms with van der Waals surface area (Å²) in [6.07, 6.45) is 9.61. The number of rotatable bonds is 12. The van der Waals surface area contributed by atoms with Gasteiger partial charge in [0.2, 0.25) is 5.91 Å². The summed E-state index contributed by atoms with van der Waals surface area (Å²) in [5.41, 5.74) is 0.855. The molecule has 1 N–H and O–H groups in total. The predicted molar refractivity (Wildman–Crippen MR) is 174 cm³/mol. The Bertz CT molecular complexity index is 1410. The van der Waals surface area contributed by atoms with Crippen molar-refractivity contribution in [3.8, 4) is 6.07 Å². The van der Waals surface area contributed by atoms with Crippen molar-refractivity contribution < 1.29 is 17.6 Å². The van der Waals surface area contributed by atoms with Gasteiger partial charge in [-0.25, -0.2) is 12.8 Å². The first-order valence-corrected chi connectivity index (χ1v) is 17.3. The van der Waals surface area contributed by atoms with Gasteiger partial charge >= 0.3 is 0 Å². The minimum atomic E-state index is -3.28. The molecule has 0 radical (unpaired) electrons. The van der Waals surface area contributed by atoms with Crippen LogP contribution < -0.4 is 10.2 Å². The number of nitrogens with zero attached hydrogens (tertiary/aromatic N) is 3. The van der Waals surface area contributed by atoms with Gasteiger partial charge in [-0.15, -0.1) is 0 Å². The van der Waals surface area contributed by atoms with Crippen molar-refractivity contribution in [2.45, 2.75) is 69.1 Å². The predicted octanol–water partition coefficient (Wildman–Crippen LogP) is 5.98. The minimum Gasteiger partial charge on any atom is -0.371 e. The van der Waals surface area contributed by atoms with E-state index in [2.05, 4.69) is 34.3 Å². The standard InChI is InChI=1S/C35H47FN4O3S/c1-6-9-29(36)20-26(5)35(24-37,32-10-8-11-33(32)38-34(41)7-2)28-16-18-39(19-17-28)21-27-22-40(23-27)30-12-14-31(15-13-30)44(42,43)25(3)4/h6-7,9,12-15,20,25,27-28,32-33H,1-2,8,10-11,16-19,21-23H2,3-5H3,(H,38,41)/b26-20+,29-9+/t32-,33-,35+/m0/s1. The molecule has 44 heavy (non-hydrogen) atoms. The molecule has 1 saturated carbocycles. The van der Waals surface area contributed by atoms with Crippen molar-refractivity contribution in [2.75, 3.05) is 37.6 Å². The van der Waals surface area contributed by atoms with E-state index >= 15 is 0 Å². The number of hydrogen-bond donors (Lipinski definition) is 1. The lowest BCUT2D eigenvalue weighted by Crippen LogP contribution is -2.54. The number of carbonyl (C=O) groups excluding carboxylic acids is 1. The molecule has 1 amide bonds. The minimum absolute atomic E-state index is 0.0429. The lowest BCUT2D eigenvalue weighted by molar-refractivity contribution is -0.117. The zero-order valence-corrected chi connectivity index (χ0v) is 27.2. The number of carbonyl (C=O) groups is 1. The Morgan fingerprint density at radius 3 is 2.39 bits per heavy atom. The zero-order chi connectivity index (χ0) is 32.1. The Morgan fingerprint density at radius 2 is 1.82 bits per heavy atom. The van der Waals surface area contributed by atoms with Crippen molar-refractivity contribution in [3.63, 3.8) is 0 Å². The first-order chi connectivity index (χ1) is 21.0. The molecule has 0 spiro atoms. The molecule has 0 bridgehead atoms. The molecule has 2 heterocycles. The van der Waals surface area contributed by atoms with E-state index in [0.29, 0.717) is 16.4 Å². The number of likely N-dealkylation sites (tertiary alicyclic amines) is 1. The van der Waals surface area contributed by atoms with E-state index in [1.54, 1.807) is 26.0 Å². The number of amides is 1. The van der Waals surface area contributed by atoms with Crippen LogP contribution in [0, 0.1) is 34.5 Å². The molecule has 238 valence electrons. The van der Waals surface area contributed by atoms with Crippen LogP contribution in [0.3, 0.4) is 0 Å². The number of benzene rings is 1. The van der Waals surface area contributed by atoms with E-state index in [0.717, 1.165) is 70.5 Å². The van der Waals surface area contributed by atoms with Crippen LogP contribution in [-0.2, 0) is 14.6 Å². The van der Waals surface area contributed by atoms with Crippen molar-refractivity contribution in [2.24, 2.45) is 23.2 Å². The summed E-state index contributed by atoms with van der Waals surface area (Å²) in [7, 11) is -3.28. The van der Waals surface area contributed by atoms with Gasteiger partial charge in [0.1, 0.15) is 5.83 Å². The molecule has 2 saturated heterocycles. The first kappa shape index (κ1) is 33.7. The highest BCUT2D eigenvalue weighted by atomic mass is 32.2. The molecule has 1 aliphatic carbocycles. The number of sulfone groups is 1. The van der Waals surface area contributed by atoms with Crippen LogP contribution in [0.4, 0.5) is 10.1 Å². The highest BCUT2D eigenvalue weighted by Crippen LogP contribution is 2.53. The molecule has 4 rings (SSSR count). The van der Waals surface area contributed by atoms with Gasteiger partial charge in [-0.1, -0.05) is 25.7 Å². The number of nitrogens with one attached hydrogen (secondary N) is 1. The van der Waals surface area contributed by atoms with Gasteiger partial charge in [0.05, 0.1) is 21.6 Å². The molecule has 3 fully saturated rings. The van der Waals surface area contributed by atoms with Crippen molar-refractivity contribution >= 4 is 21.4 Å². The number of nitriles is 1. The molecule has 2 aliphatic heterocycles. The van der Waals surface area contributed by atoms with Gasteiger partial charge in [-0.3, -0.25) is 4.79 Å². The van der Waals surface area contributed by atoms with Gasteiger partial charge in [-0.05, 0) is 114 Å². The van der Waals surface area contributed by atoms with E-state index in [4.69, 9.17) is 0 Å². The third kappa shape index (κ3) is 7.02. The Hall–Kier alpha value is -3.22. The summed E-state index contributed by atoms with van der Waals surface area (Å²) in [5.74, 6) is -0.220. The van der Waals surface area contributed by atoms with E-state index in [1.165, 1.54) is 24.3 Å². The molecule has 7 nitrogen and oxygen atoms in total. The van der Waals surface area contributed by atoms with Gasteiger partial charge in [-0.2, -0.15) is 5.26 Å². The smallest absolute Gasteiger partial charge is 0.243 e. The van der Waals surface area contributed by atoms with Gasteiger partial charge in [0.25, 0.3) is 0 Å². The number of allylic oxidation sites excluding steroid dienone is 5. The van der Waals surface area contributed by atoms with Gasteiger partial charge in [0, 0.05) is 43.2 Å². The van der Waals surface area contributed by atoms with E-state index < -0.39 is 26.3 Å². The van der Waals surface area contributed by atoms with E-state index in [-0.39, 0.29) is 23.8 Å². The fourth-order valence-corrected chi connectivity index (χ4v) is 8.60. The summed E-state index contributed by atoms with van der Waals surface area (Å²) in [6, 6.07) is 9.74. The van der Waals surface area contributed by atoms with Crippen molar-refractivity contribution in [1.82, 2.24) is 10.2 Å². The maximum atomic E-state index is 14.7. The highest BCUT2D eigenvalue weighted by molar-refractivity contribution is 7.92. The third-order valence-corrected chi connectivity index (χ3v) is 12.1. The molecule has 0 aromatic heterocycles. The summed E-state index contributed by atoms with van der Waals surface area (Å²) < 4.78 is 39.6. The molecule has 1 aromatic rings. The Labute approximate surface area is 263 Å². The summed E-state index contributed by atoms with van der Waals surface area (Å²) in [6.45, 7) is 17.0. The first-order valence-electron chi connectivity index (χ1n) is 15.8. The zero-order valence-electron chi connectivity index (χ0n) is 26.3. The number of anilines is 1. The van der Waals surface area contributed by atoms with Gasteiger partial charge in [0.15, 0.2) is 9.84 Å². The lowest BCUT2D eigenvalue weighted by Gasteiger charge is -2.48. The molecular weight excluding hydrogens is 575 g/mol. The van der Waals surface area contributed by atoms with Crippen LogP contribution in [0.25, 0.3) is 0 Å². The quantitative estimate of drug-likeness (QED) is 0.228. The Morgan fingerprint density at radius 1 is 1.16 bits per heavy atom. The molecule has 9 heteroatoms. The van der Waals surface area contributed by atoms with Crippen LogP contribution in [0.1, 0.15) is 52.9 Å². The van der Waals surface area contributed by atoms with Crippen LogP contribution in [0.2, 0.25) is 0 Å². The normalized spacial score (nSPS) is 24.0. The van der Waals surface area contributed by atoms with Crippen LogP contribution in [0.5, 0.6) is 0 Å². The second-order valence-corrected chi connectivity index (χ2v) is 15.4. The maximum Gasteiger partial charge on any atom is 0.243 e. The third-order valence-electron chi connectivity index (χ3n) is 9.94. The molecule has 1 aromatic carbocycles. The summed E-state index contributed by atoms with van der Waals surface area (Å²) >= 11 is 0. The molecule has 3 aliphatic rings. The van der Waals surface area contributed by atoms with E-state index in [9.17, 15) is 22.9 Å². The second-order valence-electron chi connectivity index (χ2n) is 12.9. The van der Waals surface area contributed by atoms with Crippen molar-refractivity contribution in [1.29, 1.82) is 5.26 Å². The molecule has 0 unspecified atom stereocenters. The van der Waals surface area contributed by atoms with Crippen LogP contribution in [0.15, 0.2) is 78.0 Å². The average molecular weight is 623 g/mol. The summed E-state index contributed by atoms with van der Waals surface area (Å²) in [5, 5.41) is 13.5. The van der Waals surface area contributed by atoms with Gasteiger partial charge < -0.3 is 15.1 Å². The van der Waals surface area contributed by atoms with Crippen molar-refractivity contribution in [3.05, 3.63) is 73.1 Å². The second kappa shape index (κ2) is 14.3. The Kier molecular flexibility index (Phi) is 10.9. The SMILES string of the molecule is C=C/C=C(F)\C=C(/C)[C@](C#N)(C1CCN(CC2CN(c3ccc(S(=O)(=O)C(C)C)cc3)C2)CC1)[C@H]1CCC[C@@H]1NC(=O)C=C. The number of hydrogen-bond acceptors (Lipinski definition) is 6. The average Bonchev–Trinajstić information content (AvgIpc) is 3.44. The largest absolute Gasteiger partial charge is 0.371 e. The lowest BCUT2D eigenvalue weighted by atomic mass is 9.59. The van der Waals surface area contributed by atoms with Crippen LogP contribution >= 0.6 is 0 Å². The fraction of sp³-hybridized carbons (Fsp3) is 0.543. The van der Waals surface area contributed by atoms with Crippen LogP contribution in [-0.4, -0.2) is 63.2 Å².